The molecule has 3 nitrogen and oxygen atoms in total. The summed E-state index contributed by atoms with van der Waals surface area (Å²) in [5.74, 6) is -0.848. The summed E-state index contributed by atoms with van der Waals surface area (Å²) < 4.78 is 2.11. The molecule has 1 aromatic carbocycles. The van der Waals surface area contributed by atoms with Crippen LogP contribution in [0.25, 0.3) is 10.9 Å². The molecule has 0 radical (unpaired) electrons. The second-order valence-electron chi connectivity index (χ2n) is 7.38. The maximum Gasteiger partial charge on any atom is 0.337 e. The molecule has 0 fully saturated rings. The van der Waals surface area contributed by atoms with Crippen molar-refractivity contribution in [3.8, 4) is 0 Å². The Balaban J connectivity index is 2.90. The summed E-state index contributed by atoms with van der Waals surface area (Å²) in [5, 5.41) is 10.8. The van der Waals surface area contributed by atoms with Crippen molar-refractivity contribution in [1.29, 1.82) is 0 Å². The SMILES string of the molecule is CCCc1cn(C(C)C)c2c(C(=O)O)cc(C(C)(C)C)cc12. The molecule has 0 saturated carbocycles. The van der Waals surface area contributed by atoms with Gasteiger partial charge in [-0.3, -0.25) is 0 Å². The lowest BCUT2D eigenvalue weighted by Crippen LogP contribution is -2.13. The van der Waals surface area contributed by atoms with Gasteiger partial charge in [0.2, 0.25) is 0 Å². The molecule has 0 aliphatic rings. The lowest BCUT2D eigenvalue weighted by molar-refractivity contribution is 0.0698. The number of rotatable bonds is 4. The van der Waals surface area contributed by atoms with Crippen molar-refractivity contribution in [2.75, 3.05) is 0 Å². The van der Waals surface area contributed by atoms with Crippen molar-refractivity contribution in [3.05, 3.63) is 35.0 Å². The van der Waals surface area contributed by atoms with Crippen LogP contribution >= 0.6 is 0 Å². The van der Waals surface area contributed by atoms with Crippen molar-refractivity contribution >= 4 is 16.9 Å². The summed E-state index contributed by atoms with van der Waals surface area (Å²) in [6.07, 6.45) is 4.17. The van der Waals surface area contributed by atoms with Crippen LogP contribution in [0.4, 0.5) is 0 Å². The highest BCUT2D eigenvalue weighted by atomic mass is 16.4. The molecule has 1 aromatic heterocycles. The normalized spacial score (nSPS) is 12.3. The Labute approximate surface area is 133 Å². The number of carbonyl (C=O) groups is 1. The molecule has 0 amide bonds. The van der Waals surface area contributed by atoms with Gasteiger partial charge >= 0.3 is 5.97 Å². The number of hydrogen-bond acceptors (Lipinski definition) is 1. The Kier molecular flexibility index (Phi) is 4.37. The highest BCUT2D eigenvalue weighted by molar-refractivity contribution is 6.04. The zero-order chi connectivity index (χ0) is 16.7. The highest BCUT2D eigenvalue weighted by Gasteiger charge is 2.23. The van der Waals surface area contributed by atoms with Gasteiger partial charge in [0.05, 0.1) is 11.1 Å². The Hall–Kier alpha value is -1.77. The quantitative estimate of drug-likeness (QED) is 0.846. The fourth-order valence-electron chi connectivity index (χ4n) is 2.93. The number of carboxylic acid groups (broad SMARTS) is 1. The molecule has 2 aromatic rings. The first-order chi connectivity index (χ1) is 10.2. The van der Waals surface area contributed by atoms with Crippen LogP contribution in [0.1, 0.15) is 75.5 Å². The van der Waals surface area contributed by atoms with Crippen molar-refractivity contribution < 1.29 is 9.90 Å². The van der Waals surface area contributed by atoms with Crippen LogP contribution in [-0.2, 0) is 11.8 Å². The van der Waals surface area contributed by atoms with E-state index in [1.807, 2.05) is 6.07 Å². The summed E-state index contributed by atoms with van der Waals surface area (Å²) >= 11 is 0. The van der Waals surface area contributed by atoms with Crippen LogP contribution in [-0.4, -0.2) is 15.6 Å². The third kappa shape index (κ3) is 2.90. The fourth-order valence-corrected chi connectivity index (χ4v) is 2.93. The Morgan fingerprint density at radius 3 is 2.36 bits per heavy atom. The van der Waals surface area contributed by atoms with Gasteiger partial charge in [0.25, 0.3) is 0 Å². The minimum absolute atomic E-state index is 0.0677. The monoisotopic (exact) mass is 301 g/mol. The van der Waals surface area contributed by atoms with Crippen LogP contribution in [0.3, 0.4) is 0 Å². The fraction of sp³-hybridized carbons (Fsp3) is 0.526. The minimum Gasteiger partial charge on any atom is -0.478 e. The van der Waals surface area contributed by atoms with Crippen LogP contribution in [0.5, 0.6) is 0 Å². The van der Waals surface area contributed by atoms with E-state index in [9.17, 15) is 9.90 Å². The molecule has 0 atom stereocenters. The predicted octanol–water partition coefficient (Wildman–Crippen LogP) is 5.17. The molecule has 0 unspecified atom stereocenters. The average molecular weight is 301 g/mol. The molecule has 22 heavy (non-hydrogen) atoms. The summed E-state index contributed by atoms with van der Waals surface area (Å²) in [6.45, 7) is 12.7. The van der Waals surface area contributed by atoms with E-state index in [0.717, 1.165) is 29.3 Å². The van der Waals surface area contributed by atoms with Gasteiger partial charge in [-0.15, -0.1) is 0 Å². The van der Waals surface area contributed by atoms with Gasteiger partial charge in [-0.1, -0.05) is 34.1 Å². The maximum atomic E-state index is 11.8. The number of fused-ring (bicyclic) bond motifs is 1. The first-order valence-corrected chi connectivity index (χ1v) is 8.08. The van der Waals surface area contributed by atoms with Crippen LogP contribution in [0.15, 0.2) is 18.3 Å². The third-order valence-corrected chi connectivity index (χ3v) is 4.18. The number of aryl methyl sites for hydroxylation is 1. The summed E-state index contributed by atoms with van der Waals surface area (Å²) in [7, 11) is 0. The Morgan fingerprint density at radius 1 is 1.27 bits per heavy atom. The Morgan fingerprint density at radius 2 is 1.91 bits per heavy atom. The van der Waals surface area contributed by atoms with Gasteiger partial charge in [0.15, 0.2) is 0 Å². The second-order valence-corrected chi connectivity index (χ2v) is 7.38. The Bertz CT molecular complexity index is 702. The van der Waals surface area contributed by atoms with Gasteiger partial charge in [-0.05, 0) is 48.9 Å². The molecular formula is C19H27NO2. The second kappa shape index (κ2) is 5.79. The predicted molar refractivity (Wildman–Crippen MR) is 92.0 cm³/mol. The van der Waals surface area contributed by atoms with E-state index >= 15 is 0 Å². The number of aromatic nitrogens is 1. The number of nitrogens with zero attached hydrogens (tertiary/aromatic N) is 1. The smallest absolute Gasteiger partial charge is 0.337 e. The summed E-state index contributed by atoms with van der Waals surface area (Å²) in [6, 6.07) is 4.27. The molecular weight excluding hydrogens is 274 g/mol. The topological polar surface area (TPSA) is 42.2 Å². The van der Waals surface area contributed by atoms with E-state index in [0.29, 0.717) is 5.56 Å². The maximum absolute atomic E-state index is 11.8. The largest absolute Gasteiger partial charge is 0.478 e. The molecule has 0 aliphatic heterocycles. The van der Waals surface area contributed by atoms with E-state index < -0.39 is 5.97 Å². The zero-order valence-corrected chi connectivity index (χ0v) is 14.5. The number of hydrogen-bond donors (Lipinski definition) is 1. The molecule has 0 spiro atoms. The lowest BCUT2D eigenvalue weighted by atomic mass is 9.84. The highest BCUT2D eigenvalue weighted by Crippen LogP contribution is 2.34. The molecule has 120 valence electrons. The van der Waals surface area contributed by atoms with E-state index in [-0.39, 0.29) is 11.5 Å². The van der Waals surface area contributed by atoms with Crippen LogP contribution < -0.4 is 0 Å². The van der Waals surface area contributed by atoms with Gasteiger partial charge in [-0.2, -0.15) is 0 Å². The van der Waals surface area contributed by atoms with E-state index in [1.54, 1.807) is 0 Å². The number of aromatic carboxylic acids is 1. The van der Waals surface area contributed by atoms with E-state index in [4.69, 9.17) is 0 Å². The number of benzene rings is 1. The molecule has 0 bridgehead atoms. The first-order valence-electron chi connectivity index (χ1n) is 8.08. The van der Waals surface area contributed by atoms with Crippen molar-refractivity contribution in [2.24, 2.45) is 0 Å². The van der Waals surface area contributed by atoms with Crippen molar-refractivity contribution in [2.45, 2.75) is 65.8 Å². The first kappa shape index (κ1) is 16.6. The minimum atomic E-state index is -0.848. The van der Waals surface area contributed by atoms with Gasteiger partial charge < -0.3 is 9.67 Å². The van der Waals surface area contributed by atoms with Gasteiger partial charge in [0.1, 0.15) is 0 Å². The van der Waals surface area contributed by atoms with Gasteiger partial charge in [0, 0.05) is 17.6 Å². The molecule has 0 saturated heterocycles. The molecule has 1 heterocycles. The molecule has 0 aliphatic carbocycles. The van der Waals surface area contributed by atoms with Crippen molar-refractivity contribution in [1.82, 2.24) is 4.57 Å². The summed E-state index contributed by atoms with van der Waals surface area (Å²) in [5.41, 5.74) is 3.54. The van der Waals surface area contributed by atoms with Crippen molar-refractivity contribution in [3.63, 3.8) is 0 Å². The van der Waals surface area contributed by atoms with Crippen LogP contribution in [0, 0.1) is 0 Å². The molecule has 1 N–H and O–H groups in total. The van der Waals surface area contributed by atoms with Gasteiger partial charge in [-0.25, -0.2) is 4.79 Å². The van der Waals surface area contributed by atoms with E-state index in [1.165, 1.54) is 5.56 Å². The molecule has 3 heteroatoms. The lowest BCUT2D eigenvalue weighted by Gasteiger charge is -2.21. The number of carboxylic acids is 1. The summed E-state index contributed by atoms with van der Waals surface area (Å²) in [4.78, 5) is 11.8. The molecule has 2 rings (SSSR count). The van der Waals surface area contributed by atoms with Crippen LogP contribution in [0.2, 0.25) is 0 Å². The standard InChI is InChI=1S/C19H27NO2/c1-7-8-13-11-20(12(2)3)17-15(13)9-14(19(4,5)6)10-16(17)18(21)22/h9-12H,7-8H2,1-6H3,(H,21,22). The third-order valence-electron chi connectivity index (χ3n) is 4.18. The average Bonchev–Trinajstić information content (AvgIpc) is 2.76. The van der Waals surface area contributed by atoms with E-state index in [2.05, 4.69) is 58.4 Å². The zero-order valence-electron chi connectivity index (χ0n) is 14.5.